The van der Waals surface area contributed by atoms with Gasteiger partial charge in [0.05, 0.1) is 22.9 Å². The van der Waals surface area contributed by atoms with E-state index in [1.807, 2.05) is 52.5 Å². The van der Waals surface area contributed by atoms with Gasteiger partial charge in [0.1, 0.15) is 0 Å². The highest BCUT2D eigenvalue weighted by Crippen LogP contribution is 2.24. The minimum Gasteiger partial charge on any atom is -0.326 e. The second-order valence-corrected chi connectivity index (χ2v) is 7.73. The summed E-state index contributed by atoms with van der Waals surface area (Å²) in [5.41, 5.74) is 2.98. The molecule has 5 rings (SSSR count). The molecular formula is C22H17N5O2S. The van der Waals surface area contributed by atoms with Crippen LogP contribution in [0.15, 0.2) is 77.4 Å². The molecule has 0 aliphatic rings. The van der Waals surface area contributed by atoms with Crippen molar-refractivity contribution >= 4 is 38.8 Å². The molecule has 30 heavy (non-hydrogen) atoms. The van der Waals surface area contributed by atoms with Gasteiger partial charge in [-0.2, -0.15) is 0 Å². The fourth-order valence-electron chi connectivity index (χ4n) is 3.33. The van der Waals surface area contributed by atoms with E-state index in [-0.39, 0.29) is 24.4 Å². The summed E-state index contributed by atoms with van der Waals surface area (Å²) in [6.45, 7) is 0.263. The maximum absolute atomic E-state index is 12.5. The third kappa shape index (κ3) is 3.48. The number of carbonyl (C=O) groups excluding carboxylic acids is 1. The van der Waals surface area contributed by atoms with E-state index in [4.69, 9.17) is 0 Å². The Morgan fingerprint density at radius 1 is 1.13 bits per heavy atom. The first kappa shape index (κ1) is 18.3. The number of thiazole rings is 1. The molecule has 0 atom stereocenters. The number of anilines is 1. The number of aromatic nitrogens is 4. The maximum atomic E-state index is 12.5. The highest BCUT2D eigenvalue weighted by Gasteiger charge is 2.09. The third-order valence-electron chi connectivity index (χ3n) is 4.85. The van der Waals surface area contributed by atoms with Crippen LogP contribution in [0.3, 0.4) is 0 Å². The van der Waals surface area contributed by atoms with Crippen LogP contribution in [0.5, 0.6) is 0 Å². The number of nitrogens with zero attached hydrogens (tertiary/aromatic N) is 4. The Labute approximate surface area is 175 Å². The molecule has 8 heteroatoms. The number of hydrogen-bond acceptors (Lipinski definition) is 5. The largest absolute Gasteiger partial charge is 0.326 e. The number of fused-ring (bicyclic) bond motifs is 2. The van der Waals surface area contributed by atoms with E-state index < -0.39 is 0 Å². The Hall–Kier alpha value is -3.78. The van der Waals surface area contributed by atoms with E-state index in [0.29, 0.717) is 16.6 Å². The molecule has 3 aromatic heterocycles. The highest BCUT2D eigenvalue weighted by atomic mass is 32.1. The average Bonchev–Trinajstić information content (AvgIpc) is 3.36. The molecule has 0 unspecified atom stereocenters. The predicted octanol–water partition coefficient (Wildman–Crippen LogP) is 3.80. The highest BCUT2D eigenvalue weighted by molar-refractivity contribution is 7.15. The van der Waals surface area contributed by atoms with Gasteiger partial charge in [-0.05, 0) is 24.3 Å². The van der Waals surface area contributed by atoms with E-state index in [2.05, 4.69) is 15.3 Å². The van der Waals surface area contributed by atoms with Gasteiger partial charge in [0.15, 0.2) is 4.96 Å². The molecule has 1 N–H and O–H groups in total. The maximum Gasteiger partial charge on any atom is 0.261 e. The van der Waals surface area contributed by atoms with Crippen molar-refractivity contribution in [3.63, 3.8) is 0 Å². The van der Waals surface area contributed by atoms with Crippen molar-refractivity contribution in [2.75, 3.05) is 5.32 Å². The molecule has 148 valence electrons. The average molecular weight is 415 g/mol. The predicted molar refractivity (Wildman–Crippen MR) is 118 cm³/mol. The summed E-state index contributed by atoms with van der Waals surface area (Å²) < 4.78 is 3.44. The Morgan fingerprint density at radius 2 is 2.03 bits per heavy atom. The first-order chi connectivity index (χ1) is 14.7. The summed E-state index contributed by atoms with van der Waals surface area (Å²) in [5, 5.41) is 5.43. The van der Waals surface area contributed by atoms with E-state index in [1.165, 1.54) is 10.9 Å². The van der Waals surface area contributed by atoms with Gasteiger partial charge in [0.2, 0.25) is 5.91 Å². The fourth-order valence-corrected chi connectivity index (χ4v) is 4.03. The smallest absolute Gasteiger partial charge is 0.261 e. The van der Waals surface area contributed by atoms with Crippen molar-refractivity contribution in [2.45, 2.75) is 13.0 Å². The molecule has 7 nitrogen and oxygen atoms in total. The van der Waals surface area contributed by atoms with Crippen molar-refractivity contribution in [1.82, 2.24) is 18.9 Å². The second-order valence-electron chi connectivity index (χ2n) is 6.86. The van der Waals surface area contributed by atoms with E-state index in [1.54, 1.807) is 29.5 Å². The van der Waals surface area contributed by atoms with Crippen LogP contribution < -0.4 is 10.9 Å². The molecular weight excluding hydrogens is 398 g/mol. The Kier molecular flexibility index (Phi) is 4.61. The molecule has 5 aromatic rings. The van der Waals surface area contributed by atoms with Crippen LogP contribution in [0.25, 0.3) is 27.1 Å². The fraction of sp³-hybridized carbons (Fsp3) is 0.0909. The topological polar surface area (TPSA) is 81.3 Å². The minimum absolute atomic E-state index is 0.143. The van der Waals surface area contributed by atoms with Crippen molar-refractivity contribution in [1.29, 1.82) is 0 Å². The van der Waals surface area contributed by atoms with Crippen molar-refractivity contribution in [2.24, 2.45) is 0 Å². The first-order valence-corrected chi connectivity index (χ1v) is 10.3. The van der Waals surface area contributed by atoms with Gasteiger partial charge < -0.3 is 5.32 Å². The second kappa shape index (κ2) is 7.57. The molecule has 0 saturated heterocycles. The van der Waals surface area contributed by atoms with Gasteiger partial charge in [-0.3, -0.25) is 18.6 Å². The monoisotopic (exact) mass is 415 g/mol. The SMILES string of the molecule is O=C(CCn1cnc2ccccc2c1=O)Nc1cccc(-c2cn3ccsc3n2)c1. The Morgan fingerprint density at radius 3 is 2.93 bits per heavy atom. The normalized spacial score (nSPS) is 11.2. The number of amides is 1. The Bertz CT molecular complexity index is 1400. The quantitative estimate of drug-likeness (QED) is 0.473. The lowest BCUT2D eigenvalue weighted by Gasteiger charge is -2.08. The van der Waals surface area contributed by atoms with Gasteiger partial charge in [-0.1, -0.05) is 24.3 Å². The van der Waals surface area contributed by atoms with Crippen molar-refractivity contribution < 1.29 is 4.79 Å². The van der Waals surface area contributed by atoms with Crippen LogP contribution >= 0.6 is 11.3 Å². The summed E-state index contributed by atoms with van der Waals surface area (Å²) in [5.74, 6) is -0.168. The number of para-hydroxylation sites is 1. The molecule has 0 saturated carbocycles. The van der Waals surface area contributed by atoms with E-state index in [0.717, 1.165) is 16.2 Å². The number of carbonyl (C=O) groups is 1. The summed E-state index contributed by atoms with van der Waals surface area (Å²) in [6.07, 6.45) is 5.59. The standard InChI is InChI=1S/C22H17N5O2S/c28-20(8-9-27-14-23-18-7-2-1-6-17(18)21(27)29)24-16-5-3-4-15(12-16)19-13-26-10-11-30-22(26)25-19/h1-7,10-14H,8-9H2,(H,24,28). The number of hydrogen-bond donors (Lipinski definition) is 1. The van der Waals surface area contributed by atoms with Gasteiger partial charge in [0, 0.05) is 42.0 Å². The number of imidazole rings is 1. The van der Waals surface area contributed by atoms with Crippen LogP contribution in [0, 0.1) is 0 Å². The van der Waals surface area contributed by atoms with Crippen molar-refractivity contribution in [3.8, 4) is 11.3 Å². The molecule has 0 spiro atoms. The molecule has 2 aromatic carbocycles. The van der Waals surface area contributed by atoms with Gasteiger partial charge in [-0.25, -0.2) is 9.97 Å². The lowest BCUT2D eigenvalue weighted by molar-refractivity contribution is -0.116. The summed E-state index contributed by atoms with van der Waals surface area (Å²) in [6, 6.07) is 14.8. The Balaban J connectivity index is 1.28. The van der Waals surface area contributed by atoms with Crippen LogP contribution in [-0.2, 0) is 11.3 Å². The lowest BCUT2D eigenvalue weighted by atomic mass is 10.1. The minimum atomic E-state index is -0.168. The number of benzene rings is 2. The first-order valence-electron chi connectivity index (χ1n) is 9.44. The lowest BCUT2D eigenvalue weighted by Crippen LogP contribution is -2.23. The molecule has 0 radical (unpaired) electrons. The van der Waals surface area contributed by atoms with Crippen LogP contribution in [0.1, 0.15) is 6.42 Å². The summed E-state index contributed by atoms with van der Waals surface area (Å²) in [7, 11) is 0. The van der Waals surface area contributed by atoms with Crippen LogP contribution in [0.2, 0.25) is 0 Å². The zero-order chi connectivity index (χ0) is 20.5. The molecule has 0 aliphatic heterocycles. The number of aryl methyl sites for hydroxylation is 1. The zero-order valence-corrected chi connectivity index (χ0v) is 16.7. The zero-order valence-electron chi connectivity index (χ0n) is 15.9. The van der Waals surface area contributed by atoms with Gasteiger partial charge >= 0.3 is 0 Å². The van der Waals surface area contributed by atoms with Crippen LogP contribution in [-0.4, -0.2) is 24.8 Å². The van der Waals surface area contributed by atoms with E-state index >= 15 is 0 Å². The third-order valence-corrected chi connectivity index (χ3v) is 5.62. The van der Waals surface area contributed by atoms with Gasteiger partial charge in [0.25, 0.3) is 5.56 Å². The number of nitrogens with one attached hydrogen (secondary N) is 1. The van der Waals surface area contributed by atoms with Crippen molar-refractivity contribution in [3.05, 3.63) is 83.0 Å². The number of rotatable bonds is 5. The van der Waals surface area contributed by atoms with Crippen LogP contribution in [0.4, 0.5) is 5.69 Å². The van der Waals surface area contributed by atoms with Gasteiger partial charge in [-0.15, -0.1) is 11.3 Å². The molecule has 0 bridgehead atoms. The molecule has 0 aliphatic carbocycles. The van der Waals surface area contributed by atoms with E-state index in [9.17, 15) is 9.59 Å². The summed E-state index contributed by atoms with van der Waals surface area (Å²) in [4.78, 5) is 34.8. The molecule has 0 fully saturated rings. The molecule has 3 heterocycles. The summed E-state index contributed by atoms with van der Waals surface area (Å²) >= 11 is 1.57. The molecule has 1 amide bonds.